The summed E-state index contributed by atoms with van der Waals surface area (Å²) >= 11 is 0. The highest BCUT2D eigenvalue weighted by atomic mass is 19.4. The van der Waals surface area contributed by atoms with Crippen molar-refractivity contribution >= 4 is 29.2 Å². The molecule has 0 aliphatic carbocycles. The second kappa shape index (κ2) is 11.2. The predicted molar refractivity (Wildman–Crippen MR) is 134 cm³/mol. The van der Waals surface area contributed by atoms with E-state index >= 15 is 0 Å². The van der Waals surface area contributed by atoms with E-state index in [0.29, 0.717) is 31.8 Å². The molecule has 1 aliphatic rings. The zero-order chi connectivity index (χ0) is 25.5. The van der Waals surface area contributed by atoms with E-state index in [0.717, 1.165) is 17.2 Å². The first kappa shape index (κ1) is 25.2. The third-order valence-electron chi connectivity index (χ3n) is 5.96. The Hall–Kier alpha value is -3.91. The van der Waals surface area contributed by atoms with E-state index in [-0.39, 0.29) is 18.1 Å². The van der Waals surface area contributed by atoms with Crippen LogP contribution in [0, 0.1) is 0 Å². The van der Waals surface area contributed by atoms with Crippen LogP contribution in [0.15, 0.2) is 84.9 Å². The monoisotopic (exact) mass is 493 g/mol. The van der Waals surface area contributed by atoms with Crippen LogP contribution in [0.4, 0.5) is 18.9 Å². The molecule has 3 aromatic carbocycles. The van der Waals surface area contributed by atoms with Crippen molar-refractivity contribution in [1.29, 1.82) is 0 Å². The number of nitrogens with one attached hydrogen (secondary N) is 1. The first-order valence-electron chi connectivity index (χ1n) is 11.6. The molecule has 0 radical (unpaired) electrons. The highest BCUT2D eigenvalue weighted by Gasteiger charge is 2.33. The van der Waals surface area contributed by atoms with Gasteiger partial charge < -0.3 is 10.2 Å². The fraction of sp³-hybridized carbons (Fsp3) is 0.214. The number of carbonyl (C=O) groups excluding carboxylic acids is 2. The van der Waals surface area contributed by atoms with Gasteiger partial charge in [0.2, 0.25) is 5.91 Å². The van der Waals surface area contributed by atoms with Gasteiger partial charge in [-0.05, 0) is 29.3 Å². The van der Waals surface area contributed by atoms with Crippen LogP contribution in [-0.4, -0.2) is 54.3 Å². The summed E-state index contributed by atoms with van der Waals surface area (Å²) < 4.78 is 39.6. The SMILES string of the molecule is O=C(CN1CCN(C(=O)C(=Cc2ccccc2)c2ccccc2)CC1)Nc1ccccc1C(F)(F)F. The molecule has 36 heavy (non-hydrogen) atoms. The molecule has 1 fully saturated rings. The molecule has 0 saturated carbocycles. The number of carbonyl (C=O) groups is 2. The number of halogens is 3. The molecule has 1 N–H and O–H groups in total. The third kappa shape index (κ3) is 6.40. The molecular weight excluding hydrogens is 467 g/mol. The predicted octanol–water partition coefficient (Wildman–Crippen LogP) is 5.03. The molecule has 1 aliphatic heterocycles. The highest BCUT2D eigenvalue weighted by molar-refractivity contribution is 6.24. The summed E-state index contributed by atoms with van der Waals surface area (Å²) in [5, 5.41) is 2.38. The Kier molecular flexibility index (Phi) is 7.85. The maximum Gasteiger partial charge on any atom is 0.418 e. The summed E-state index contributed by atoms with van der Waals surface area (Å²) in [5.74, 6) is -0.631. The topological polar surface area (TPSA) is 52.7 Å². The van der Waals surface area contributed by atoms with Gasteiger partial charge >= 0.3 is 6.18 Å². The van der Waals surface area contributed by atoms with Crippen molar-refractivity contribution in [1.82, 2.24) is 9.80 Å². The van der Waals surface area contributed by atoms with E-state index in [1.54, 1.807) is 4.90 Å². The van der Waals surface area contributed by atoms with Gasteiger partial charge in [-0.3, -0.25) is 14.5 Å². The van der Waals surface area contributed by atoms with Crippen LogP contribution in [0.1, 0.15) is 16.7 Å². The number of rotatable bonds is 6. The molecule has 0 bridgehead atoms. The quantitative estimate of drug-likeness (QED) is 0.387. The van der Waals surface area contributed by atoms with Gasteiger partial charge in [0.25, 0.3) is 5.91 Å². The molecule has 1 saturated heterocycles. The third-order valence-corrected chi connectivity index (χ3v) is 5.96. The van der Waals surface area contributed by atoms with Gasteiger partial charge in [-0.1, -0.05) is 72.8 Å². The van der Waals surface area contributed by atoms with Crippen molar-refractivity contribution in [3.63, 3.8) is 0 Å². The number of piperazine rings is 1. The molecule has 0 spiro atoms. The first-order valence-corrected chi connectivity index (χ1v) is 11.6. The van der Waals surface area contributed by atoms with Gasteiger partial charge in [-0.15, -0.1) is 0 Å². The number of amides is 2. The van der Waals surface area contributed by atoms with E-state index in [9.17, 15) is 22.8 Å². The number of para-hydroxylation sites is 1. The highest BCUT2D eigenvalue weighted by Crippen LogP contribution is 2.34. The van der Waals surface area contributed by atoms with E-state index in [2.05, 4.69) is 5.32 Å². The van der Waals surface area contributed by atoms with Crippen molar-refractivity contribution in [2.75, 3.05) is 38.0 Å². The lowest BCUT2D eigenvalue weighted by molar-refractivity contribution is -0.137. The molecule has 8 heteroatoms. The van der Waals surface area contributed by atoms with Crippen LogP contribution in [0.2, 0.25) is 0 Å². The minimum absolute atomic E-state index is 0.0559. The number of anilines is 1. The summed E-state index contributed by atoms with van der Waals surface area (Å²) in [7, 11) is 0. The van der Waals surface area contributed by atoms with Crippen LogP contribution in [0.25, 0.3) is 11.6 Å². The van der Waals surface area contributed by atoms with Gasteiger partial charge in [0.15, 0.2) is 0 Å². The first-order chi connectivity index (χ1) is 17.3. The zero-order valence-corrected chi connectivity index (χ0v) is 19.5. The minimum Gasteiger partial charge on any atom is -0.336 e. The van der Waals surface area contributed by atoms with E-state index < -0.39 is 17.6 Å². The van der Waals surface area contributed by atoms with Crippen LogP contribution >= 0.6 is 0 Å². The van der Waals surface area contributed by atoms with Crippen LogP contribution in [0.5, 0.6) is 0 Å². The number of hydrogen-bond acceptors (Lipinski definition) is 3. The summed E-state index contributed by atoms with van der Waals surface area (Å²) in [6.07, 6.45) is -2.69. The molecule has 5 nitrogen and oxygen atoms in total. The van der Waals surface area contributed by atoms with Crippen LogP contribution < -0.4 is 5.32 Å². The van der Waals surface area contributed by atoms with Crippen molar-refractivity contribution < 1.29 is 22.8 Å². The normalized spacial score (nSPS) is 15.0. The zero-order valence-electron chi connectivity index (χ0n) is 19.5. The van der Waals surface area contributed by atoms with Crippen molar-refractivity contribution in [2.45, 2.75) is 6.18 Å². The van der Waals surface area contributed by atoms with Gasteiger partial charge in [0, 0.05) is 31.8 Å². The second-order valence-corrected chi connectivity index (χ2v) is 8.49. The largest absolute Gasteiger partial charge is 0.418 e. The lowest BCUT2D eigenvalue weighted by atomic mass is 10.0. The Morgan fingerprint density at radius 1 is 0.806 bits per heavy atom. The molecule has 4 rings (SSSR count). The van der Waals surface area contributed by atoms with E-state index in [1.165, 1.54) is 18.2 Å². The molecule has 3 aromatic rings. The summed E-state index contributed by atoms with van der Waals surface area (Å²) in [6.45, 7) is 1.63. The van der Waals surface area contributed by atoms with Gasteiger partial charge in [0.1, 0.15) is 0 Å². The Balaban J connectivity index is 1.39. The Morgan fingerprint density at radius 3 is 2.03 bits per heavy atom. The Morgan fingerprint density at radius 2 is 1.39 bits per heavy atom. The number of nitrogens with zero attached hydrogens (tertiary/aromatic N) is 2. The molecule has 0 atom stereocenters. The Bertz CT molecular complexity index is 1220. The molecule has 0 aromatic heterocycles. The lowest BCUT2D eigenvalue weighted by Gasteiger charge is -2.35. The van der Waals surface area contributed by atoms with Crippen LogP contribution in [0.3, 0.4) is 0 Å². The van der Waals surface area contributed by atoms with E-state index in [4.69, 9.17) is 0 Å². The maximum absolute atomic E-state index is 13.5. The average molecular weight is 494 g/mol. The fourth-order valence-corrected chi connectivity index (χ4v) is 4.11. The van der Waals surface area contributed by atoms with Crippen molar-refractivity contribution in [3.05, 3.63) is 102 Å². The van der Waals surface area contributed by atoms with Crippen molar-refractivity contribution in [2.24, 2.45) is 0 Å². The number of alkyl halides is 3. The number of hydrogen-bond donors (Lipinski definition) is 1. The fourth-order valence-electron chi connectivity index (χ4n) is 4.11. The molecular formula is C28H26F3N3O2. The standard InChI is InChI=1S/C28H26F3N3O2/c29-28(30,31)24-13-7-8-14-25(24)32-26(35)20-33-15-17-34(18-16-33)27(36)23(22-11-5-2-6-12-22)19-21-9-3-1-4-10-21/h1-14,19H,15-18,20H2,(H,32,35). The van der Waals surface area contributed by atoms with Gasteiger partial charge in [0.05, 0.1) is 17.8 Å². The molecule has 0 unspecified atom stereocenters. The summed E-state index contributed by atoms with van der Waals surface area (Å²) in [6, 6.07) is 24.0. The average Bonchev–Trinajstić information content (AvgIpc) is 2.88. The molecule has 186 valence electrons. The second-order valence-electron chi connectivity index (χ2n) is 8.49. The van der Waals surface area contributed by atoms with Crippen LogP contribution in [-0.2, 0) is 15.8 Å². The minimum atomic E-state index is -4.56. The summed E-state index contributed by atoms with van der Waals surface area (Å²) in [4.78, 5) is 29.5. The van der Waals surface area contributed by atoms with E-state index in [1.807, 2.05) is 71.6 Å². The smallest absolute Gasteiger partial charge is 0.336 e. The van der Waals surface area contributed by atoms with Gasteiger partial charge in [-0.25, -0.2) is 0 Å². The van der Waals surface area contributed by atoms with Gasteiger partial charge in [-0.2, -0.15) is 13.2 Å². The maximum atomic E-state index is 13.5. The summed E-state index contributed by atoms with van der Waals surface area (Å²) in [5.41, 5.74) is 1.17. The molecule has 2 amide bonds. The Labute approximate surface area is 207 Å². The lowest BCUT2D eigenvalue weighted by Crippen LogP contribution is -2.50. The molecule has 1 heterocycles. The number of benzene rings is 3. The van der Waals surface area contributed by atoms with Crippen molar-refractivity contribution in [3.8, 4) is 0 Å².